The van der Waals surface area contributed by atoms with Crippen molar-refractivity contribution in [2.45, 2.75) is 18.8 Å². The van der Waals surface area contributed by atoms with Gasteiger partial charge in [0.25, 0.3) is 5.69 Å². The molecule has 0 saturated carbocycles. The summed E-state index contributed by atoms with van der Waals surface area (Å²) in [7, 11) is 1.23. The Hall–Kier alpha value is -2.73. The number of nitrogens with zero attached hydrogens (tertiary/aromatic N) is 1. The highest BCUT2D eigenvalue weighted by atomic mass is 35.5. The predicted molar refractivity (Wildman–Crippen MR) is 92.9 cm³/mol. The van der Waals surface area contributed by atoms with Gasteiger partial charge in [0.1, 0.15) is 0 Å². The molecule has 130 valence electrons. The van der Waals surface area contributed by atoms with Gasteiger partial charge in [0, 0.05) is 29.1 Å². The number of nitro benzene ring substituents is 1. The maximum atomic E-state index is 12.6. The average molecular weight is 362 g/mol. The average Bonchev–Trinajstić information content (AvgIpc) is 2.61. The molecule has 2 rings (SSSR count). The van der Waals surface area contributed by atoms with Gasteiger partial charge in [-0.3, -0.25) is 19.7 Å². The van der Waals surface area contributed by atoms with E-state index in [1.54, 1.807) is 31.2 Å². The SMILES string of the molecule is COC(=O)C(C)(CC(=O)c1ccc(Cl)cc1)c1ccc([N+](=O)[O-])cc1. The molecule has 0 amide bonds. The van der Waals surface area contributed by atoms with Gasteiger partial charge >= 0.3 is 5.97 Å². The molecule has 25 heavy (non-hydrogen) atoms. The molecule has 1 unspecified atom stereocenters. The van der Waals surface area contributed by atoms with E-state index in [1.807, 2.05) is 0 Å². The van der Waals surface area contributed by atoms with Crippen LogP contribution in [0.25, 0.3) is 0 Å². The molecule has 0 N–H and O–H groups in total. The van der Waals surface area contributed by atoms with Gasteiger partial charge in [-0.25, -0.2) is 0 Å². The molecule has 0 heterocycles. The van der Waals surface area contributed by atoms with Crippen LogP contribution in [0.15, 0.2) is 48.5 Å². The lowest BCUT2D eigenvalue weighted by Crippen LogP contribution is -2.36. The van der Waals surface area contributed by atoms with Gasteiger partial charge in [-0.15, -0.1) is 0 Å². The van der Waals surface area contributed by atoms with E-state index in [9.17, 15) is 19.7 Å². The van der Waals surface area contributed by atoms with Crippen LogP contribution in [-0.4, -0.2) is 23.8 Å². The summed E-state index contributed by atoms with van der Waals surface area (Å²) in [5, 5.41) is 11.3. The molecule has 0 saturated heterocycles. The largest absolute Gasteiger partial charge is 0.468 e. The van der Waals surface area contributed by atoms with Crippen molar-refractivity contribution >= 4 is 29.0 Å². The molecule has 0 radical (unpaired) electrons. The lowest BCUT2D eigenvalue weighted by molar-refractivity contribution is -0.384. The number of carbonyl (C=O) groups excluding carboxylic acids is 2. The number of benzene rings is 2. The highest BCUT2D eigenvalue weighted by Gasteiger charge is 2.39. The van der Waals surface area contributed by atoms with Gasteiger partial charge in [-0.05, 0) is 36.8 Å². The van der Waals surface area contributed by atoms with E-state index >= 15 is 0 Å². The third kappa shape index (κ3) is 4.03. The van der Waals surface area contributed by atoms with E-state index in [-0.39, 0.29) is 17.9 Å². The van der Waals surface area contributed by atoms with Crippen LogP contribution in [0.2, 0.25) is 5.02 Å². The Morgan fingerprint density at radius 2 is 1.68 bits per heavy atom. The van der Waals surface area contributed by atoms with Crippen LogP contribution in [-0.2, 0) is 14.9 Å². The summed E-state index contributed by atoms with van der Waals surface area (Å²) < 4.78 is 4.86. The number of methoxy groups -OCH3 is 1. The summed E-state index contributed by atoms with van der Waals surface area (Å²) in [6.45, 7) is 1.58. The first kappa shape index (κ1) is 18.6. The summed E-state index contributed by atoms with van der Waals surface area (Å²) in [6.07, 6.45) is -0.140. The third-order valence-electron chi connectivity index (χ3n) is 4.03. The van der Waals surface area contributed by atoms with Gasteiger partial charge < -0.3 is 4.74 Å². The summed E-state index contributed by atoms with van der Waals surface area (Å²) in [5.74, 6) is -0.855. The van der Waals surface area contributed by atoms with E-state index < -0.39 is 16.3 Å². The maximum absolute atomic E-state index is 12.6. The molecule has 2 aromatic rings. The number of hydrogen-bond acceptors (Lipinski definition) is 5. The van der Waals surface area contributed by atoms with Crippen LogP contribution >= 0.6 is 11.6 Å². The standard InChI is InChI=1S/C18H16ClNO5/c1-18(17(22)25-2,13-5-9-15(10-6-13)20(23)24)11-16(21)12-3-7-14(19)8-4-12/h3-10H,11H2,1-2H3. The van der Waals surface area contributed by atoms with E-state index in [4.69, 9.17) is 16.3 Å². The summed E-state index contributed by atoms with van der Waals surface area (Å²) in [4.78, 5) is 35.2. The monoisotopic (exact) mass is 361 g/mol. The van der Waals surface area contributed by atoms with Gasteiger partial charge in [-0.1, -0.05) is 23.7 Å². The van der Waals surface area contributed by atoms with Crippen molar-refractivity contribution in [2.75, 3.05) is 7.11 Å². The Bertz CT molecular complexity index is 801. The number of nitro groups is 1. The van der Waals surface area contributed by atoms with Gasteiger partial charge in [-0.2, -0.15) is 0 Å². The quantitative estimate of drug-likeness (QED) is 0.336. The van der Waals surface area contributed by atoms with Crippen molar-refractivity contribution in [1.29, 1.82) is 0 Å². The van der Waals surface area contributed by atoms with E-state index in [0.717, 1.165) is 0 Å². The van der Waals surface area contributed by atoms with Crippen molar-refractivity contribution in [3.63, 3.8) is 0 Å². The van der Waals surface area contributed by atoms with Crippen LogP contribution in [0.3, 0.4) is 0 Å². The van der Waals surface area contributed by atoms with Crippen molar-refractivity contribution < 1.29 is 19.2 Å². The highest BCUT2D eigenvalue weighted by molar-refractivity contribution is 6.30. The molecule has 0 aliphatic heterocycles. The fraction of sp³-hybridized carbons (Fsp3) is 0.222. The Morgan fingerprint density at radius 3 is 2.16 bits per heavy atom. The van der Waals surface area contributed by atoms with Crippen molar-refractivity contribution in [1.82, 2.24) is 0 Å². The summed E-state index contributed by atoms with van der Waals surface area (Å²) in [6, 6.07) is 11.9. The minimum absolute atomic E-state index is 0.0972. The van der Waals surface area contributed by atoms with Crippen LogP contribution < -0.4 is 0 Å². The summed E-state index contributed by atoms with van der Waals surface area (Å²) in [5.41, 5.74) is -0.477. The van der Waals surface area contributed by atoms with Gasteiger partial charge in [0.15, 0.2) is 5.78 Å². The molecule has 7 heteroatoms. The number of non-ortho nitro benzene ring substituents is 1. The molecule has 0 spiro atoms. The van der Waals surface area contributed by atoms with Crippen molar-refractivity contribution in [3.05, 3.63) is 74.8 Å². The number of hydrogen-bond donors (Lipinski definition) is 0. The molecule has 0 aliphatic rings. The summed E-state index contributed by atoms with van der Waals surface area (Å²) >= 11 is 5.82. The molecule has 0 aromatic heterocycles. The fourth-order valence-electron chi connectivity index (χ4n) is 2.53. The molecule has 6 nitrogen and oxygen atoms in total. The zero-order valence-corrected chi connectivity index (χ0v) is 14.4. The Kier molecular flexibility index (Phi) is 5.54. The van der Waals surface area contributed by atoms with Crippen LogP contribution in [0.4, 0.5) is 5.69 Å². The number of halogens is 1. The fourth-order valence-corrected chi connectivity index (χ4v) is 2.65. The molecule has 2 aromatic carbocycles. The molecular formula is C18H16ClNO5. The number of Topliss-reactive ketones (excluding diaryl/α,β-unsaturated/α-hetero) is 1. The molecule has 0 aliphatic carbocycles. The Morgan fingerprint density at radius 1 is 1.12 bits per heavy atom. The number of esters is 1. The second-order valence-corrected chi connectivity index (χ2v) is 6.17. The second kappa shape index (κ2) is 7.44. The first-order chi connectivity index (χ1) is 11.8. The molecular weight excluding hydrogens is 346 g/mol. The van der Waals surface area contributed by atoms with Crippen molar-refractivity contribution in [2.24, 2.45) is 0 Å². The highest BCUT2D eigenvalue weighted by Crippen LogP contribution is 2.32. The minimum atomic E-state index is -1.26. The number of ether oxygens (including phenoxy) is 1. The first-order valence-corrected chi connectivity index (χ1v) is 7.78. The third-order valence-corrected chi connectivity index (χ3v) is 4.28. The van der Waals surface area contributed by atoms with Crippen LogP contribution in [0.5, 0.6) is 0 Å². The smallest absolute Gasteiger partial charge is 0.316 e. The lowest BCUT2D eigenvalue weighted by Gasteiger charge is -2.26. The number of rotatable bonds is 6. The number of carbonyl (C=O) groups is 2. The van der Waals surface area contributed by atoms with Crippen LogP contribution in [0.1, 0.15) is 29.3 Å². The van der Waals surface area contributed by atoms with Gasteiger partial charge in [0.2, 0.25) is 0 Å². The first-order valence-electron chi connectivity index (χ1n) is 7.40. The van der Waals surface area contributed by atoms with E-state index in [2.05, 4.69) is 0 Å². The second-order valence-electron chi connectivity index (χ2n) is 5.73. The predicted octanol–water partition coefficient (Wildman–Crippen LogP) is 3.95. The lowest BCUT2D eigenvalue weighted by atomic mass is 9.77. The normalized spacial score (nSPS) is 12.9. The van der Waals surface area contributed by atoms with Gasteiger partial charge in [0.05, 0.1) is 17.4 Å². The molecule has 0 bridgehead atoms. The van der Waals surface area contributed by atoms with E-state index in [1.165, 1.54) is 31.4 Å². The Balaban J connectivity index is 2.37. The molecule has 1 atom stereocenters. The van der Waals surface area contributed by atoms with Crippen molar-refractivity contribution in [3.8, 4) is 0 Å². The zero-order chi connectivity index (χ0) is 18.6. The van der Waals surface area contributed by atoms with E-state index in [0.29, 0.717) is 16.1 Å². The Labute approximate surface area is 149 Å². The molecule has 0 fully saturated rings. The topological polar surface area (TPSA) is 86.5 Å². The minimum Gasteiger partial charge on any atom is -0.468 e. The van der Waals surface area contributed by atoms with Crippen LogP contribution in [0, 0.1) is 10.1 Å². The maximum Gasteiger partial charge on any atom is 0.316 e. The zero-order valence-electron chi connectivity index (χ0n) is 13.7. The number of ketones is 1.